The van der Waals surface area contributed by atoms with Crippen LogP contribution in [0.3, 0.4) is 0 Å². The molecule has 0 bridgehead atoms. The van der Waals surface area contributed by atoms with Crippen LogP contribution in [0.2, 0.25) is 0 Å². The molecule has 0 saturated heterocycles. The summed E-state index contributed by atoms with van der Waals surface area (Å²) < 4.78 is 4.94. The zero-order chi connectivity index (χ0) is 19.9. The van der Waals surface area contributed by atoms with Crippen LogP contribution in [0.15, 0.2) is 60.8 Å². The average Bonchev–Trinajstić information content (AvgIpc) is 3.16. The number of carbonyl (C=O) groups excluding carboxylic acids is 2. The van der Waals surface area contributed by atoms with Crippen molar-refractivity contribution < 1.29 is 19.2 Å². The summed E-state index contributed by atoms with van der Waals surface area (Å²) in [6, 6.07) is 17.3. The number of aromatic nitrogens is 1. The van der Waals surface area contributed by atoms with Crippen molar-refractivity contribution in [3.8, 4) is 11.1 Å². The zero-order valence-electron chi connectivity index (χ0n) is 14.5. The second-order valence-corrected chi connectivity index (χ2v) is 6.72. The van der Waals surface area contributed by atoms with Gasteiger partial charge in [0.25, 0.3) is 5.91 Å². The number of nitro groups is 1. The summed E-state index contributed by atoms with van der Waals surface area (Å²) in [4.78, 5) is 37.4. The second-order valence-electron chi connectivity index (χ2n) is 5.71. The van der Waals surface area contributed by atoms with E-state index in [9.17, 15) is 19.7 Å². The fourth-order valence-corrected chi connectivity index (χ4v) is 3.02. The van der Waals surface area contributed by atoms with Crippen LogP contribution in [0, 0.1) is 10.1 Å². The third-order valence-electron chi connectivity index (χ3n) is 3.69. The number of carbonyl (C=O) groups is 2. The van der Waals surface area contributed by atoms with Crippen molar-refractivity contribution in [3.63, 3.8) is 0 Å². The highest BCUT2D eigenvalue weighted by atomic mass is 32.1. The van der Waals surface area contributed by atoms with Gasteiger partial charge in [-0.05, 0) is 28.0 Å². The zero-order valence-corrected chi connectivity index (χ0v) is 15.3. The van der Waals surface area contributed by atoms with E-state index < -0.39 is 23.4 Å². The molecule has 1 N–H and O–H groups in total. The Morgan fingerprint density at radius 2 is 1.75 bits per heavy atom. The van der Waals surface area contributed by atoms with Crippen molar-refractivity contribution in [3.05, 3.63) is 76.5 Å². The lowest BCUT2D eigenvalue weighted by Crippen LogP contribution is -2.21. The molecule has 2 aromatic carbocycles. The smallest absolute Gasteiger partial charge is 0.345 e. The molecule has 0 spiro atoms. The van der Waals surface area contributed by atoms with E-state index in [-0.39, 0.29) is 16.6 Å². The van der Waals surface area contributed by atoms with Crippen molar-refractivity contribution in [2.45, 2.75) is 6.42 Å². The largest absolute Gasteiger partial charge is 0.455 e. The van der Waals surface area contributed by atoms with Gasteiger partial charge < -0.3 is 4.74 Å². The third kappa shape index (κ3) is 5.21. The lowest BCUT2D eigenvalue weighted by Gasteiger charge is -2.06. The van der Waals surface area contributed by atoms with E-state index in [4.69, 9.17) is 4.74 Å². The van der Waals surface area contributed by atoms with Crippen LogP contribution < -0.4 is 5.32 Å². The first-order valence-electron chi connectivity index (χ1n) is 8.21. The van der Waals surface area contributed by atoms with Crippen molar-refractivity contribution in [2.24, 2.45) is 0 Å². The number of rotatable bonds is 7. The molecule has 1 amide bonds. The molecule has 0 radical (unpaired) electrons. The molecule has 0 aliphatic rings. The Hall–Kier alpha value is -3.59. The number of ether oxygens (including phenoxy) is 1. The Labute approximate surface area is 164 Å². The fraction of sp³-hybridized carbons (Fsp3) is 0.105. The van der Waals surface area contributed by atoms with Crippen LogP contribution >= 0.6 is 11.3 Å². The van der Waals surface area contributed by atoms with Crippen LogP contribution in [0.5, 0.6) is 0 Å². The normalized spacial score (nSPS) is 10.3. The Morgan fingerprint density at radius 1 is 1.07 bits per heavy atom. The monoisotopic (exact) mass is 397 g/mol. The van der Waals surface area contributed by atoms with Gasteiger partial charge in [-0.1, -0.05) is 54.6 Å². The standard InChI is InChI=1S/C19H15N3O5S/c23-16(21-19-20-11-17(28-19)22(25)26)12-27-18(24)10-13-6-8-15(9-7-13)14-4-2-1-3-5-14/h1-9,11H,10,12H2,(H,20,21,23). The van der Waals surface area contributed by atoms with Crippen LogP contribution in [-0.4, -0.2) is 28.4 Å². The van der Waals surface area contributed by atoms with Gasteiger partial charge in [0.1, 0.15) is 6.20 Å². The van der Waals surface area contributed by atoms with E-state index in [0.717, 1.165) is 34.2 Å². The first-order valence-corrected chi connectivity index (χ1v) is 9.03. The number of amides is 1. The molecule has 0 atom stereocenters. The van der Waals surface area contributed by atoms with Crippen LogP contribution in [-0.2, 0) is 20.7 Å². The number of thiazole rings is 1. The number of anilines is 1. The van der Waals surface area contributed by atoms with Crippen LogP contribution in [0.1, 0.15) is 5.56 Å². The van der Waals surface area contributed by atoms with E-state index in [1.54, 1.807) is 0 Å². The molecule has 28 heavy (non-hydrogen) atoms. The summed E-state index contributed by atoms with van der Waals surface area (Å²) >= 11 is 0.723. The highest BCUT2D eigenvalue weighted by Gasteiger charge is 2.14. The summed E-state index contributed by atoms with van der Waals surface area (Å²) in [5.74, 6) is -1.16. The van der Waals surface area contributed by atoms with Gasteiger partial charge in [0.15, 0.2) is 11.7 Å². The lowest BCUT2D eigenvalue weighted by atomic mass is 10.0. The summed E-state index contributed by atoms with van der Waals surface area (Å²) in [6.07, 6.45) is 1.08. The SMILES string of the molecule is O=C(COC(=O)Cc1ccc(-c2ccccc2)cc1)Nc1ncc([N+](=O)[O-])s1. The predicted octanol–water partition coefficient (Wildman–Crippen LogP) is 3.44. The molecule has 142 valence electrons. The van der Waals surface area contributed by atoms with Gasteiger partial charge >= 0.3 is 11.0 Å². The lowest BCUT2D eigenvalue weighted by molar-refractivity contribution is -0.380. The Kier molecular flexibility index (Phi) is 6.07. The maximum absolute atomic E-state index is 11.9. The summed E-state index contributed by atoms with van der Waals surface area (Å²) in [6.45, 7) is -0.492. The molecule has 1 heterocycles. The second kappa shape index (κ2) is 8.87. The van der Waals surface area contributed by atoms with Gasteiger partial charge in [0.05, 0.1) is 11.3 Å². The van der Waals surface area contributed by atoms with Crippen LogP contribution in [0.25, 0.3) is 11.1 Å². The number of benzene rings is 2. The van der Waals surface area contributed by atoms with E-state index in [0.29, 0.717) is 0 Å². The van der Waals surface area contributed by atoms with Gasteiger partial charge in [0, 0.05) is 0 Å². The summed E-state index contributed by atoms with van der Waals surface area (Å²) in [7, 11) is 0. The average molecular weight is 397 g/mol. The minimum absolute atomic E-state index is 0.0328. The molecule has 0 fully saturated rings. The van der Waals surface area contributed by atoms with Crippen molar-refractivity contribution in [2.75, 3.05) is 11.9 Å². The van der Waals surface area contributed by atoms with E-state index in [1.165, 1.54) is 0 Å². The number of nitrogens with zero attached hydrogens (tertiary/aromatic N) is 2. The topological polar surface area (TPSA) is 111 Å². The highest BCUT2D eigenvalue weighted by molar-refractivity contribution is 7.18. The van der Waals surface area contributed by atoms with E-state index in [2.05, 4.69) is 10.3 Å². The van der Waals surface area contributed by atoms with Gasteiger partial charge in [-0.25, -0.2) is 4.98 Å². The van der Waals surface area contributed by atoms with Gasteiger partial charge in [-0.3, -0.25) is 25.0 Å². The Bertz CT molecular complexity index is 986. The summed E-state index contributed by atoms with van der Waals surface area (Å²) in [5.41, 5.74) is 2.88. The molecule has 0 aliphatic heterocycles. The van der Waals surface area contributed by atoms with Crippen molar-refractivity contribution >= 4 is 33.3 Å². The Morgan fingerprint density at radius 3 is 2.39 bits per heavy atom. The molecule has 9 heteroatoms. The molecule has 3 aromatic rings. The van der Waals surface area contributed by atoms with Crippen LogP contribution in [0.4, 0.5) is 10.1 Å². The number of hydrogen-bond acceptors (Lipinski definition) is 7. The van der Waals surface area contributed by atoms with Gasteiger partial charge in [-0.2, -0.15) is 0 Å². The molecule has 0 aliphatic carbocycles. The Balaban J connectivity index is 1.47. The maximum atomic E-state index is 11.9. The molecule has 3 rings (SSSR count). The molecule has 0 unspecified atom stereocenters. The number of esters is 1. The summed E-state index contributed by atoms with van der Waals surface area (Å²) in [5, 5.41) is 12.8. The molecule has 0 saturated carbocycles. The third-order valence-corrected chi connectivity index (χ3v) is 4.56. The molecular formula is C19H15N3O5S. The maximum Gasteiger partial charge on any atom is 0.345 e. The minimum Gasteiger partial charge on any atom is -0.455 e. The minimum atomic E-state index is -0.614. The first-order chi connectivity index (χ1) is 13.5. The number of hydrogen-bond donors (Lipinski definition) is 1. The fourth-order valence-electron chi connectivity index (χ4n) is 2.37. The van der Waals surface area contributed by atoms with Gasteiger partial charge in [0.2, 0.25) is 0 Å². The molecular weight excluding hydrogens is 382 g/mol. The predicted molar refractivity (Wildman–Crippen MR) is 104 cm³/mol. The quantitative estimate of drug-likeness (QED) is 0.371. The van der Waals surface area contributed by atoms with Crippen molar-refractivity contribution in [1.29, 1.82) is 0 Å². The van der Waals surface area contributed by atoms with Gasteiger partial charge in [-0.15, -0.1) is 0 Å². The van der Waals surface area contributed by atoms with E-state index in [1.807, 2.05) is 54.6 Å². The van der Waals surface area contributed by atoms with E-state index >= 15 is 0 Å². The highest BCUT2D eigenvalue weighted by Crippen LogP contribution is 2.24. The molecule has 8 nitrogen and oxygen atoms in total. The number of nitrogens with one attached hydrogen (secondary N) is 1. The molecule has 1 aromatic heterocycles. The first kappa shape index (κ1) is 19.2. The van der Waals surface area contributed by atoms with Crippen molar-refractivity contribution in [1.82, 2.24) is 4.98 Å².